The van der Waals surface area contributed by atoms with Gasteiger partial charge in [0.1, 0.15) is 5.75 Å². The lowest BCUT2D eigenvalue weighted by atomic mass is 9.94. The molecule has 0 aliphatic carbocycles. The van der Waals surface area contributed by atoms with Crippen molar-refractivity contribution in [2.24, 2.45) is 11.3 Å². The zero-order chi connectivity index (χ0) is 15.7. The van der Waals surface area contributed by atoms with Crippen LogP contribution in [0.1, 0.15) is 33.3 Å². The van der Waals surface area contributed by atoms with E-state index >= 15 is 0 Å². The number of nitrogens with one attached hydrogen (secondary N) is 1. The van der Waals surface area contributed by atoms with Crippen LogP contribution >= 0.6 is 0 Å². The highest BCUT2D eigenvalue weighted by Crippen LogP contribution is 2.19. The highest BCUT2D eigenvalue weighted by atomic mass is 16.5. The Bertz CT molecular complexity index is 385. The smallest absolute Gasteiger partial charge is 0.119 e. The molecule has 0 fully saturated rings. The van der Waals surface area contributed by atoms with Crippen LogP contribution in [0, 0.1) is 11.3 Å². The molecule has 120 valence electrons. The van der Waals surface area contributed by atoms with E-state index in [0.29, 0.717) is 5.92 Å². The molecule has 1 N–H and O–H groups in total. The van der Waals surface area contributed by atoms with Gasteiger partial charge in [0.25, 0.3) is 0 Å². The first-order valence-corrected chi connectivity index (χ1v) is 7.84. The van der Waals surface area contributed by atoms with Crippen molar-refractivity contribution in [3.63, 3.8) is 0 Å². The molecule has 0 bridgehead atoms. The second kappa shape index (κ2) is 9.06. The standard InChI is InChI=1S/C18H31NO2/c1-15(2)12-19-13-18(3,4)14-21-17-8-6-16(7-9-17)10-11-20-5/h6-9,15,19H,10-14H2,1-5H3. The number of benzene rings is 1. The Morgan fingerprint density at radius 1 is 1.14 bits per heavy atom. The summed E-state index contributed by atoms with van der Waals surface area (Å²) in [4.78, 5) is 0. The molecule has 0 spiro atoms. The minimum absolute atomic E-state index is 0.129. The summed E-state index contributed by atoms with van der Waals surface area (Å²) in [5.41, 5.74) is 1.41. The predicted molar refractivity (Wildman–Crippen MR) is 89.0 cm³/mol. The fraction of sp³-hybridized carbons (Fsp3) is 0.667. The van der Waals surface area contributed by atoms with Crippen molar-refractivity contribution in [3.8, 4) is 5.75 Å². The highest BCUT2D eigenvalue weighted by Gasteiger charge is 2.18. The van der Waals surface area contributed by atoms with Crippen molar-refractivity contribution < 1.29 is 9.47 Å². The molecule has 3 nitrogen and oxygen atoms in total. The van der Waals surface area contributed by atoms with Gasteiger partial charge in [0, 0.05) is 19.1 Å². The molecule has 0 heterocycles. The maximum Gasteiger partial charge on any atom is 0.119 e. The fourth-order valence-corrected chi connectivity index (χ4v) is 2.00. The van der Waals surface area contributed by atoms with Gasteiger partial charge in [-0.3, -0.25) is 0 Å². The summed E-state index contributed by atoms with van der Waals surface area (Å²) in [5, 5.41) is 3.50. The third kappa shape index (κ3) is 8.08. The van der Waals surface area contributed by atoms with Crippen molar-refractivity contribution in [1.29, 1.82) is 0 Å². The molecular formula is C18H31NO2. The van der Waals surface area contributed by atoms with Crippen molar-refractivity contribution >= 4 is 0 Å². The summed E-state index contributed by atoms with van der Waals surface area (Å²) in [6.07, 6.45) is 0.946. The Morgan fingerprint density at radius 2 is 1.81 bits per heavy atom. The summed E-state index contributed by atoms with van der Waals surface area (Å²) in [6, 6.07) is 8.31. The first-order valence-electron chi connectivity index (χ1n) is 7.84. The molecule has 1 aromatic rings. The van der Waals surface area contributed by atoms with E-state index in [1.807, 2.05) is 12.1 Å². The Morgan fingerprint density at radius 3 is 2.38 bits per heavy atom. The van der Waals surface area contributed by atoms with Gasteiger partial charge in [-0.2, -0.15) is 0 Å². The molecule has 0 aliphatic rings. The average molecular weight is 293 g/mol. The first kappa shape index (κ1) is 18.0. The van der Waals surface area contributed by atoms with E-state index in [0.717, 1.165) is 38.5 Å². The van der Waals surface area contributed by atoms with Crippen molar-refractivity contribution in [2.45, 2.75) is 34.1 Å². The number of hydrogen-bond acceptors (Lipinski definition) is 3. The summed E-state index contributed by atoms with van der Waals surface area (Å²) < 4.78 is 11.0. The quantitative estimate of drug-likeness (QED) is 0.716. The lowest BCUT2D eigenvalue weighted by Gasteiger charge is -2.25. The van der Waals surface area contributed by atoms with Crippen LogP contribution < -0.4 is 10.1 Å². The largest absolute Gasteiger partial charge is 0.493 e. The maximum atomic E-state index is 5.92. The van der Waals surface area contributed by atoms with Gasteiger partial charge in [0.15, 0.2) is 0 Å². The second-order valence-electron chi connectivity index (χ2n) is 6.86. The van der Waals surface area contributed by atoms with Crippen molar-refractivity contribution in [2.75, 3.05) is 33.4 Å². The number of rotatable bonds is 10. The van der Waals surface area contributed by atoms with Crippen molar-refractivity contribution in [1.82, 2.24) is 5.32 Å². The minimum atomic E-state index is 0.129. The Kier molecular flexibility index (Phi) is 7.76. The Labute approximate surface area is 130 Å². The van der Waals surface area contributed by atoms with Crippen LogP contribution in [0.5, 0.6) is 5.75 Å². The first-order chi connectivity index (χ1) is 9.93. The fourth-order valence-electron chi connectivity index (χ4n) is 2.00. The van der Waals surface area contributed by atoms with E-state index in [4.69, 9.17) is 9.47 Å². The van der Waals surface area contributed by atoms with E-state index in [1.165, 1.54) is 5.56 Å². The van der Waals surface area contributed by atoms with Gasteiger partial charge < -0.3 is 14.8 Å². The molecule has 0 saturated carbocycles. The SMILES string of the molecule is COCCc1ccc(OCC(C)(C)CNCC(C)C)cc1. The zero-order valence-corrected chi connectivity index (χ0v) is 14.2. The van der Waals surface area contributed by atoms with Crippen LogP contribution in [0.15, 0.2) is 24.3 Å². The molecule has 3 heteroatoms. The number of methoxy groups -OCH3 is 1. The molecule has 0 radical (unpaired) electrons. The van der Waals surface area contributed by atoms with E-state index in [-0.39, 0.29) is 5.41 Å². The topological polar surface area (TPSA) is 30.5 Å². The highest BCUT2D eigenvalue weighted by molar-refractivity contribution is 5.27. The molecule has 0 amide bonds. The van der Waals surface area contributed by atoms with Crippen LogP contribution in [-0.4, -0.2) is 33.4 Å². The molecule has 0 atom stereocenters. The Balaban J connectivity index is 2.35. The third-order valence-corrected chi connectivity index (χ3v) is 3.30. The van der Waals surface area contributed by atoms with Crippen molar-refractivity contribution in [3.05, 3.63) is 29.8 Å². The Hall–Kier alpha value is -1.06. The normalized spacial score (nSPS) is 11.9. The average Bonchev–Trinajstić information content (AvgIpc) is 2.43. The van der Waals surface area contributed by atoms with Gasteiger partial charge in [-0.25, -0.2) is 0 Å². The molecule has 0 saturated heterocycles. The summed E-state index contributed by atoms with van der Waals surface area (Å²) in [5.74, 6) is 1.62. The molecule has 1 aromatic carbocycles. The molecule has 1 rings (SSSR count). The van der Waals surface area contributed by atoms with Gasteiger partial charge in [0.2, 0.25) is 0 Å². The van der Waals surface area contributed by atoms with E-state index in [1.54, 1.807) is 7.11 Å². The van der Waals surface area contributed by atoms with E-state index in [9.17, 15) is 0 Å². The van der Waals surface area contributed by atoms with Gasteiger partial charge in [-0.1, -0.05) is 39.8 Å². The van der Waals surface area contributed by atoms with Gasteiger partial charge >= 0.3 is 0 Å². The summed E-state index contributed by atoms with van der Waals surface area (Å²) in [6.45, 7) is 12.4. The second-order valence-corrected chi connectivity index (χ2v) is 6.86. The van der Waals surface area contributed by atoms with Crippen LogP contribution in [0.25, 0.3) is 0 Å². The predicted octanol–water partition coefficient (Wildman–Crippen LogP) is 3.53. The molecule has 0 aliphatic heterocycles. The van der Waals surface area contributed by atoms with Gasteiger partial charge in [-0.15, -0.1) is 0 Å². The van der Waals surface area contributed by atoms with Gasteiger partial charge in [0.05, 0.1) is 13.2 Å². The number of ether oxygens (including phenoxy) is 2. The van der Waals surface area contributed by atoms with E-state index in [2.05, 4.69) is 45.1 Å². The monoisotopic (exact) mass is 293 g/mol. The number of hydrogen-bond donors (Lipinski definition) is 1. The lowest BCUT2D eigenvalue weighted by molar-refractivity contribution is 0.175. The lowest BCUT2D eigenvalue weighted by Crippen LogP contribution is -2.35. The van der Waals surface area contributed by atoms with Crippen LogP contribution in [0.3, 0.4) is 0 Å². The molecular weight excluding hydrogens is 262 g/mol. The maximum absolute atomic E-state index is 5.92. The van der Waals surface area contributed by atoms with Crippen LogP contribution in [-0.2, 0) is 11.2 Å². The van der Waals surface area contributed by atoms with Gasteiger partial charge in [-0.05, 0) is 36.6 Å². The van der Waals surface area contributed by atoms with E-state index < -0.39 is 0 Å². The zero-order valence-electron chi connectivity index (χ0n) is 14.2. The molecule has 0 unspecified atom stereocenters. The third-order valence-electron chi connectivity index (χ3n) is 3.30. The van der Waals surface area contributed by atoms with Crippen LogP contribution in [0.4, 0.5) is 0 Å². The summed E-state index contributed by atoms with van der Waals surface area (Å²) in [7, 11) is 1.73. The van der Waals surface area contributed by atoms with Crippen LogP contribution in [0.2, 0.25) is 0 Å². The summed E-state index contributed by atoms with van der Waals surface area (Å²) >= 11 is 0. The minimum Gasteiger partial charge on any atom is -0.493 e. The molecule has 21 heavy (non-hydrogen) atoms. The molecule has 0 aromatic heterocycles.